The van der Waals surface area contributed by atoms with Crippen LogP contribution in [0.15, 0.2) is 12.3 Å². The number of carboxylic acid groups (broad SMARTS) is 1. The molecule has 0 aromatic carbocycles. The van der Waals surface area contributed by atoms with Gasteiger partial charge in [-0.05, 0) is 36.3 Å². The highest BCUT2D eigenvalue weighted by Gasteiger charge is 2.29. The second-order valence-corrected chi connectivity index (χ2v) is 4.95. The highest BCUT2D eigenvalue weighted by atomic mass is 16.4. The largest absolute Gasteiger partial charge is 0.481 e. The van der Waals surface area contributed by atoms with Gasteiger partial charge in [-0.2, -0.15) is 0 Å². The zero-order valence-electron chi connectivity index (χ0n) is 9.15. The van der Waals surface area contributed by atoms with Crippen LogP contribution in [-0.2, 0) is 17.6 Å². The van der Waals surface area contributed by atoms with E-state index in [-0.39, 0.29) is 5.92 Å². The maximum absolute atomic E-state index is 10.9. The fourth-order valence-corrected chi connectivity index (χ4v) is 2.63. The zero-order chi connectivity index (χ0) is 11.1. The van der Waals surface area contributed by atoms with Crippen molar-refractivity contribution >= 4 is 5.97 Å². The number of carboxylic acids is 1. The Kier molecular flexibility index (Phi) is 2.20. The summed E-state index contributed by atoms with van der Waals surface area (Å²) in [6, 6.07) is 2.19. The molecule has 2 aliphatic rings. The summed E-state index contributed by atoms with van der Waals surface area (Å²) >= 11 is 0. The van der Waals surface area contributed by atoms with Crippen molar-refractivity contribution in [3.05, 3.63) is 29.1 Å². The Labute approximate surface area is 94.5 Å². The van der Waals surface area contributed by atoms with Crippen LogP contribution in [0.2, 0.25) is 0 Å². The van der Waals surface area contributed by atoms with Gasteiger partial charge < -0.3 is 5.11 Å². The lowest BCUT2D eigenvalue weighted by molar-refractivity contribution is -0.141. The van der Waals surface area contributed by atoms with Gasteiger partial charge in [-0.1, -0.05) is 12.5 Å². The maximum atomic E-state index is 10.9. The fourth-order valence-electron chi connectivity index (χ4n) is 2.63. The average molecular weight is 217 g/mol. The lowest BCUT2D eigenvalue weighted by atomic mass is 9.80. The lowest BCUT2D eigenvalue weighted by Gasteiger charge is -2.25. The Balaban J connectivity index is 1.85. The molecule has 16 heavy (non-hydrogen) atoms. The number of aliphatic carboxylic acids is 1. The monoisotopic (exact) mass is 217 g/mol. The smallest absolute Gasteiger partial charge is 0.307 e. The summed E-state index contributed by atoms with van der Waals surface area (Å²) in [5.74, 6) is -0.260. The molecule has 0 aliphatic heterocycles. The second kappa shape index (κ2) is 3.58. The molecule has 0 amide bonds. The van der Waals surface area contributed by atoms with E-state index < -0.39 is 5.97 Å². The van der Waals surface area contributed by atoms with E-state index in [1.807, 2.05) is 6.20 Å². The summed E-state index contributed by atoms with van der Waals surface area (Å²) < 4.78 is 0. The molecule has 1 fully saturated rings. The van der Waals surface area contributed by atoms with Crippen molar-refractivity contribution in [2.75, 3.05) is 0 Å². The predicted molar refractivity (Wildman–Crippen MR) is 59.4 cm³/mol. The Morgan fingerprint density at radius 3 is 2.81 bits per heavy atom. The summed E-state index contributed by atoms with van der Waals surface area (Å²) in [5, 5.41) is 8.99. The molecule has 1 heterocycles. The molecular formula is C13H15NO2. The van der Waals surface area contributed by atoms with E-state index >= 15 is 0 Å². The summed E-state index contributed by atoms with van der Waals surface area (Å²) in [6.07, 6.45) is 7.08. The first-order valence-electron chi connectivity index (χ1n) is 5.94. The van der Waals surface area contributed by atoms with Crippen molar-refractivity contribution in [1.82, 2.24) is 4.98 Å². The molecule has 1 N–H and O–H groups in total. The minimum absolute atomic E-state index is 0.251. The molecule has 3 heteroatoms. The van der Waals surface area contributed by atoms with E-state index in [1.54, 1.807) is 0 Å². The van der Waals surface area contributed by atoms with Crippen LogP contribution in [0.3, 0.4) is 0 Å². The van der Waals surface area contributed by atoms with Gasteiger partial charge in [0.2, 0.25) is 0 Å². The number of nitrogens with zero attached hydrogens (tertiary/aromatic N) is 1. The van der Waals surface area contributed by atoms with Crippen LogP contribution in [-0.4, -0.2) is 16.1 Å². The highest BCUT2D eigenvalue weighted by Crippen LogP contribution is 2.37. The van der Waals surface area contributed by atoms with Crippen molar-refractivity contribution in [1.29, 1.82) is 0 Å². The molecule has 2 aliphatic carbocycles. The van der Waals surface area contributed by atoms with Crippen molar-refractivity contribution in [2.24, 2.45) is 5.92 Å². The molecule has 0 spiro atoms. The predicted octanol–water partition coefficient (Wildman–Crippen LogP) is 2.15. The second-order valence-electron chi connectivity index (χ2n) is 4.95. The number of aromatic nitrogens is 1. The van der Waals surface area contributed by atoms with Gasteiger partial charge in [-0.3, -0.25) is 9.78 Å². The number of fused-ring (bicyclic) bond motifs is 1. The molecule has 1 saturated carbocycles. The minimum atomic E-state index is -0.691. The quantitative estimate of drug-likeness (QED) is 0.825. The normalized spacial score (nSPS) is 23.9. The lowest BCUT2D eigenvalue weighted by Crippen LogP contribution is -2.13. The molecule has 1 aromatic rings. The van der Waals surface area contributed by atoms with Crippen molar-refractivity contribution in [2.45, 2.75) is 38.0 Å². The molecular weight excluding hydrogens is 202 g/mol. The first-order chi connectivity index (χ1) is 7.74. The molecule has 0 bridgehead atoms. The summed E-state index contributed by atoms with van der Waals surface area (Å²) in [6.45, 7) is 0. The van der Waals surface area contributed by atoms with Gasteiger partial charge in [0.15, 0.2) is 0 Å². The number of rotatable bonds is 2. The van der Waals surface area contributed by atoms with E-state index in [2.05, 4.69) is 11.1 Å². The van der Waals surface area contributed by atoms with Crippen LogP contribution in [0.4, 0.5) is 0 Å². The minimum Gasteiger partial charge on any atom is -0.481 e. The Morgan fingerprint density at radius 2 is 2.19 bits per heavy atom. The topological polar surface area (TPSA) is 50.2 Å². The number of pyridine rings is 1. The number of carbonyl (C=O) groups is 1. The van der Waals surface area contributed by atoms with E-state index in [0.29, 0.717) is 18.8 Å². The Morgan fingerprint density at radius 1 is 1.38 bits per heavy atom. The SMILES string of the molecule is O=C(O)C1Cc2cc(C3CCC3)cnc2C1. The van der Waals surface area contributed by atoms with Crippen LogP contribution < -0.4 is 0 Å². The summed E-state index contributed by atoms with van der Waals surface area (Å²) in [5.41, 5.74) is 3.48. The number of hydrogen-bond donors (Lipinski definition) is 1. The first kappa shape index (κ1) is 9.82. The third-order valence-electron chi connectivity index (χ3n) is 3.91. The molecule has 0 radical (unpaired) electrons. The van der Waals surface area contributed by atoms with Crippen molar-refractivity contribution < 1.29 is 9.90 Å². The Hall–Kier alpha value is -1.38. The van der Waals surface area contributed by atoms with Gasteiger partial charge in [0.1, 0.15) is 0 Å². The molecule has 84 valence electrons. The van der Waals surface area contributed by atoms with Gasteiger partial charge in [-0.25, -0.2) is 0 Å². The van der Waals surface area contributed by atoms with Crippen LogP contribution in [0, 0.1) is 5.92 Å². The van der Waals surface area contributed by atoms with E-state index in [9.17, 15) is 4.79 Å². The first-order valence-corrected chi connectivity index (χ1v) is 5.94. The average Bonchev–Trinajstić information content (AvgIpc) is 2.57. The highest BCUT2D eigenvalue weighted by molar-refractivity contribution is 5.72. The van der Waals surface area contributed by atoms with Crippen LogP contribution in [0.25, 0.3) is 0 Å². The summed E-state index contributed by atoms with van der Waals surface area (Å²) in [4.78, 5) is 15.4. The molecule has 1 aromatic heterocycles. The van der Waals surface area contributed by atoms with Gasteiger partial charge >= 0.3 is 5.97 Å². The molecule has 3 nitrogen and oxygen atoms in total. The van der Waals surface area contributed by atoms with Gasteiger partial charge in [0.05, 0.1) is 5.92 Å². The fraction of sp³-hybridized carbons (Fsp3) is 0.538. The van der Waals surface area contributed by atoms with Gasteiger partial charge in [0, 0.05) is 18.3 Å². The van der Waals surface area contributed by atoms with Gasteiger partial charge in [-0.15, -0.1) is 0 Å². The van der Waals surface area contributed by atoms with E-state index in [1.165, 1.54) is 24.8 Å². The molecule has 0 saturated heterocycles. The maximum Gasteiger partial charge on any atom is 0.307 e. The van der Waals surface area contributed by atoms with E-state index in [0.717, 1.165) is 11.3 Å². The van der Waals surface area contributed by atoms with Gasteiger partial charge in [0.25, 0.3) is 0 Å². The standard InChI is InChI=1S/C13H15NO2/c15-13(16)10-4-9-5-11(8-2-1-3-8)7-14-12(9)6-10/h5,7-8,10H,1-4,6H2,(H,15,16). The van der Waals surface area contributed by atoms with Crippen LogP contribution in [0.1, 0.15) is 42.0 Å². The molecule has 3 rings (SSSR count). The van der Waals surface area contributed by atoms with Crippen LogP contribution >= 0.6 is 0 Å². The van der Waals surface area contributed by atoms with Crippen LogP contribution in [0.5, 0.6) is 0 Å². The zero-order valence-corrected chi connectivity index (χ0v) is 9.15. The Bertz CT molecular complexity index is 438. The third kappa shape index (κ3) is 1.51. The van der Waals surface area contributed by atoms with Crippen molar-refractivity contribution in [3.8, 4) is 0 Å². The molecule has 1 atom stereocenters. The summed E-state index contributed by atoms with van der Waals surface area (Å²) in [7, 11) is 0. The number of hydrogen-bond acceptors (Lipinski definition) is 2. The van der Waals surface area contributed by atoms with Crippen molar-refractivity contribution in [3.63, 3.8) is 0 Å². The van der Waals surface area contributed by atoms with E-state index in [4.69, 9.17) is 5.11 Å². The third-order valence-corrected chi connectivity index (χ3v) is 3.91. The molecule has 1 unspecified atom stereocenters.